The van der Waals surface area contributed by atoms with Crippen molar-refractivity contribution in [3.05, 3.63) is 10.1 Å². The van der Waals surface area contributed by atoms with E-state index in [4.69, 9.17) is 14.2 Å². The van der Waals surface area contributed by atoms with E-state index in [2.05, 4.69) is 15.5 Å². The Morgan fingerprint density at radius 3 is 2.67 bits per heavy atom. The molecule has 11 nitrogen and oxygen atoms in total. The maximum atomic E-state index is 11.9. The van der Waals surface area contributed by atoms with Crippen LogP contribution in [0.1, 0.15) is 0 Å². The predicted octanol–water partition coefficient (Wildman–Crippen LogP) is -1.95. The lowest BCUT2D eigenvalue weighted by molar-refractivity contribution is -0.769. The van der Waals surface area contributed by atoms with Crippen LogP contribution in [0.15, 0.2) is 0 Å². The summed E-state index contributed by atoms with van der Waals surface area (Å²) in [6, 6.07) is -0.305. The highest BCUT2D eigenvalue weighted by atomic mass is 32.2. The van der Waals surface area contributed by atoms with Gasteiger partial charge < -0.3 is 24.4 Å². The minimum absolute atomic E-state index is 0.00782. The summed E-state index contributed by atoms with van der Waals surface area (Å²) in [7, 11) is 0. The van der Waals surface area contributed by atoms with E-state index in [1.54, 1.807) is 11.8 Å². The average molecular weight is 363 g/mol. The number of carbonyl (C=O) groups excluding carboxylic acids is 2. The SMILES string of the molecule is O=C(CNC(=O)C1CSCN1)O[C@H]1CO[C@H]2[C@@H]1OC[C@H]2O[N+](=O)[O-]. The van der Waals surface area contributed by atoms with Gasteiger partial charge >= 0.3 is 5.97 Å². The van der Waals surface area contributed by atoms with Crippen molar-refractivity contribution in [3.63, 3.8) is 0 Å². The van der Waals surface area contributed by atoms with Crippen LogP contribution >= 0.6 is 11.8 Å². The van der Waals surface area contributed by atoms with E-state index in [0.29, 0.717) is 11.6 Å². The molecular formula is C12H17N3O8S. The second-order valence-corrected chi connectivity index (χ2v) is 6.51. The van der Waals surface area contributed by atoms with Crippen LogP contribution in [0.2, 0.25) is 0 Å². The van der Waals surface area contributed by atoms with Crippen molar-refractivity contribution in [3.8, 4) is 0 Å². The first-order valence-corrected chi connectivity index (χ1v) is 8.53. The van der Waals surface area contributed by atoms with Crippen LogP contribution in [0.4, 0.5) is 0 Å². The fraction of sp³-hybridized carbons (Fsp3) is 0.833. The molecule has 3 rings (SSSR count). The topological polar surface area (TPSA) is 138 Å². The van der Waals surface area contributed by atoms with Crippen molar-refractivity contribution in [1.29, 1.82) is 0 Å². The molecule has 3 heterocycles. The van der Waals surface area contributed by atoms with Crippen LogP contribution in [0, 0.1) is 10.1 Å². The molecule has 0 saturated carbocycles. The third-order valence-electron chi connectivity index (χ3n) is 3.91. The van der Waals surface area contributed by atoms with Crippen molar-refractivity contribution in [2.45, 2.75) is 30.5 Å². The molecule has 0 aromatic carbocycles. The molecule has 1 unspecified atom stereocenters. The summed E-state index contributed by atoms with van der Waals surface area (Å²) >= 11 is 1.60. The zero-order valence-electron chi connectivity index (χ0n) is 12.5. The molecule has 0 aromatic rings. The Kier molecular flexibility index (Phi) is 5.38. The fourth-order valence-electron chi connectivity index (χ4n) is 2.79. The fourth-order valence-corrected chi connectivity index (χ4v) is 3.73. The smallest absolute Gasteiger partial charge is 0.325 e. The van der Waals surface area contributed by atoms with E-state index in [9.17, 15) is 19.7 Å². The number of nitrogens with one attached hydrogen (secondary N) is 2. The average Bonchev–Trinajstić information content (AvgIpc) is 3.25. The molecule has 3 aliphatic rings. The monoisotopic (exact) mass is 363 g/mol. The summed E-state index contributed by atoms with van der Waals surface area (Å²) in [5.41, 5.74) is 0. The first-order valence-electron chi connectivity index (χ1n) is 7.37. The first kappa shape index (κ1) is 17.2. The van der Waals surface area contributed by atoms with Crippen molar-refractivity contribution in [2.75, 3.05) is 31.4 Å². The first-order chi connectivity index (χ1) is 11.5. The molecule has 0 aromatic heterocycles. The van der Waals surface area contributed by atoms with Gasteiger partial charge in [-0.3, -0.25) is 14.9 Å². The number of thioether (sulfide) groups is 1. The molecular weight excluding hydrogens is 346 g/mol. The summed E-state index contributed by atoms with van der Waals surface area (Å²) in [4.78, 5) is 38.5. The third kappa shape index (κ3) is 3.88. The Bertz CT molecular complexity index is 515. The number of esters is 1. The Morgan fingerprint density at radius 2 is 2.00 bits per heavy atom. The molecule has 0 bridgehead atoms. The maximum absolute atomic E-state index is 11.9. The summed E-state index contributed by atoms with van der Waals surface area (Å²) in [5.74, 6) is 0.488. The summed E-state index contributed by atoms with van der Waals surface area (Å²) in [6.07, 6.45) is -2.77. The number of rotatable bonds is 6. The molecule has 12 heteroatoms. The molecule has 3 aliphatic heterocycles. The second-order valence-electron chi connectivity index (χ2n) is 5.48. The van der Waals surface area contributed by atoms with Crippen molar-refractivity contribution in [1.82, 2.24) is 10.6 Å². The highest BCUT2D eigenvalue weighted by Crippen LogP contribution is 2.30. The van der Waals surface area contributed by atoms with Crippen LogP contribution < -0.4 is 10.6 Å². The van der Waals surface area contributed by atoms with Crippen LogP contribution in [0.25, 0.3) is 0 Å². The van der Waals surface area contributed by atoms with Gasteiger partial charge in [-0.1, -0.05) is 0 Å². The normalized spacial score (nSPS) is 34.6. The van der Waals surface area contributed by atoms with Gasteiger partial charge in [-0.25, -0.2) is 0 Å². The van der Waals surface area contributed by atoms with Gasteiger partial charge in [0.1, 0.15) is 18.8 Å². The van der Waals surface area contributed by atoms with Crippen LogP contribution in [-0.4, -0.2) is 78.8 Å². The number of hydrogen-bond donors (Lipinski definition) is 2. The zero-order valence-corrected chi connectivity index (χ0v) is 13.4. The molecule has 3 fully saturated rings. The Balaban J connectivity index is 1.42. The summed E-state index contributed by atoms with van der Waals surface area (Å²) in [5, 5.41) is 15.0. The third-order valence-corrected chi connectivity index (χ3v) is 4.85. The molecule has 0 radical (unpaired) electrons. The summed E-state index contributed by atoms with van der Waals surface area (Å²) < 4.78 is 16.0. The lowest BCUT2D eigenvalue weighted by Gasteiger charge is -2.17. The van der Waals surface area contributed by atoms with E-state index < -0.39 is 35.5 Å². The molecule has 3 saturated heterocycles. The molecule has 0 aliphatic carbocycles. The number of ether oxygens (including phenoxy) is 3. The molecule has 5 atom stereocenters. The summed E-state index contributed by atoms with van der Waals surface area (Å²) in [6.45, 7) is -0.204. The van der Waals surface area contributed by atoms with Gasteiger partial charge in [0, 0.05) is 11.6 Å². The second kappa shape index (κ2) is 7.51. The number of carbonyl (C=O) groups is 2. The predicted molar refractivity (Wildman–Crippen MR) is 78.5 cm³/mol. The quantitative estimate of drug-likeness (QED) is 0.311. The van der Waals surface area contributed by atoms with Gasteiger partial charge in [0.25, 0.3) is 5.09 Å². The van der Waals surface area contributed by atoms with Crippen molar-refractivity contribution >= 4 is 23.6 Å². The Labute approximate surface area is 140 Å². The van der Waals surface area contributed by atoms with E-state index in [1.807, 2.05) is 0 Å². The number of nitrogens with zero attached hydrogens (tertiary/aromatic N) is 1. The number of fused-ring (bicyclic) bond motifs is 1. The van der Waals surface area contributed by atoms with Gasteiger partial charge in [-0.2, -0.15) is 0 Å². The molecule has 24 heavy (non-hydrogen) atoms. The van der Waals surface area contributed by atoms with Crippen molar-refractivity contribution in [2.24, 2.45) is 0 Å². The van der Waals surface area contributed by atoms with E-state index >= 15 is 0 Å². The van der Waals surface area contributed by atoms with Gasteiger partial charge in [-0.05, 0) is 0 Å². The van der Waals surface area contributed by atoms with Crippen LogP contribution in [0.3, 0.4) is 0 Å². The van der Waals surface area contributed by atoms with Gasteiger partial charge in [-0.15, -0.1) is 21.9 Å². The van der Waals surface area contributed by atoms with Crippen LogP contribution in [-0.2, 0) is 28.6 Å². The van der Waals surface area contributed by atoms with Crippen molar-refractivity contribution < 1.29 is 33.7 Å². The standard InChI is InChI=1S/C12H17N3O8S/c16-9(1-13-12(17)6-4-24-5-14-6)22-7-2-20-11-8(23-15(18)19)3-21-10(7)11/h6-8,10-11,14H,1-5H2,(H,13,17)/t6?,7-,8+,10+,11+/m0/s1. The van der Waals surface area contributed by atoms with E-state index in [0.717, 1.165) is 0 Å². The zero-order chi connectivity index (χ0) is 17.1. The minimum Gasteiger partial charge on any atom is -0.456 e. The number of amides is 1. The largest absolute Gasteiger partial charge is 0.456 e. The van der Waals surface area contributed by atoms with E-state index in [-0.39, 0.29) is 31.7 Å². The maximum Gasteiger partial charge on any atom is 0.325 e. The lowest BCUT2D eigenvalue weighted by Crippen LogP contribution is -2.45. The highest BCUT2D eigenvalue weighted by Gasteiger charge is 2.51. The molecule has 1 amide bonds. The lowest BCUT2D eigenvalue weighted by atomic mass is 10.1. The Hall–Kier alpha value is -1.63. The highest BCUT2D eigenvalue weighted by molar-refractivity contribution is 7.99. The van der Waals surface area contributed by atoms with Gasteiger partial charge in [0.05, 0.1) is 19.3 Å². The Morgan fingerprint density at radius 1 is 1.29 bits per heavy atom. The molecule has 134 valence electrons. The molecule has 0 spiro atoms. The minimum atomic E-state index is -0.899. The van der Waals surface area contributed by atoms with Gasteiger partial charge in [0.15, 0.2) is 12.2 Å². The van der Waals surface area contributed by atoms with E-state index in [1.165, 1.54) is 0 Å². The van der Waals surface area contributed by atoms with Gasteiger partial charge in [0.2, 0.25) is 5.91 Å². The molecule has 2 N–H and O–H groups in total. The van der Waals surface area contributed by atoms with Crippen LogP contribution in [0.5, 0.6) is 0 Å². The number of hydrogen-bond acceptors (Lipinski definition) is 10.